The Morgan fingerprint density at radius 2 is 1.67 bits per heavy atom. The summed E-state index contributed by atoms with van der Waals surface area (Å²) in [6.07, 6.45) is 6.52. The van der Waals surface area contributed by atoms with Crippen molar-refractivity contribution in [1.29, 1.82) is 0 Å². The van der Waals surface area contributed by atoms with E-state index < -0.39 is 28.1 Å². The minimum absolute atomic E-state index is 0.144. The van der Waals surface area contributed by atoms with Crippen molar-refractivity contribution in [1.82, 2.24) is 4.72 Å². The molecule has 0 spiro atoms. The van der Waals surface area contributed by atoms with E-state index in [4.69, 9.17) is 9.47 Å². The molecule has 1 N–H and O–H groups in total. The van der Waals surface area contributed by atoms with Crippen molar-refractivity contribution in [2.75, 3.05) is 7.11 Å². The highest BCUT2D eigenvalue weighted by Gasteiger charge is 2.36. The molecule has 0 heterocycles. The molecule has 0 unspecified atom stereocenters. The second-order valence-corrected chi connectivity index (χ2v) is 8.79. The number of carbonyl (C=O) groups excluding carboxylic acids is 1. The number of allylic oxidation sites excluding steroid dienone is 2. The van der Waals surface area contributed by atoms with E-state index >= 15 is 0 Å². The average molecular weight is 428 g/mol. The summed E-state index contributed by atoms with van der Waals surface area (Å²) in [5, 5.41) is 0. The van der Waals surface area contributed by atoms with Crippen molar-refractivity contribution in [2.45, 2.75) is 30.9 Å². The fourth-order valence-corrected chi connectivity index (χ4v) is 4.68. The van der Waals surface area contributed by atoms with Crippen LogP contribution in [-0.2, 0) is 19.6 Å². The topological polar surface area (TPSA) is 81.7 Å². The van der Waals surface area contributed by atoms with Crippen molar-refractivity contribution in [2.24, 2.45) is 5.92 Å². The number of esters is 1. The van der Waals surface area contributed by atoms with E-state index in [0.29, 0.717) is 11.3 Å². The van der Waals surface area contributed by atoms with Gasteiger partial charge in [0.05, 0.1) is 18.0 Å². The van der Waals surface area contributed by atoms with Gasteiger partial charge in [-0.1, -0.05) is 60.2 Å². The number of nitrogens with one attached hydrogen (secondary N) is 1. The summed E-state index contributed by atoms with van der Waals surface area (Å²) in [7, 11) is -2.35. The van der Waals surface area contributed by atoms with Gasteiger partial charge in [-0.15, -0.1) is 0 Å². The summed E-state index contributed by atoms with van der Waals surface area (Å²) in [4.78, 5) is 12.1. The fraction of sp³-hybridized carbons (Fsp3) is 0.261. The van der Waals surface area contributed by atoms with Gasteiger partial charge in [0.1, 0.15) is 11.9 Å². The summed E-state index contributed by atoms with van der Waals surface area (Å²) in [5.74, 6) is -0.315. The van der Waals surface area contributed by atoms with E-state index in [9.17, 15) is 13.2 Å². The van der Waals surface area contributed by atoms with E-state index in [1.807, 2.05) is 31.2 Å². The van der Waals surface area contributed by atoms with E-state index in [1.54, 1.807) is 48.5 Å². The third kappa shape index (κ3) is 4.98. The van der Waals surface area contributed by atoms with Gasteiger partial charge in [0.15, 0.2) is 0 Å². The maximum Gasteiger partial charge on any atom is 0.303 e. The number of para-hydroxylation sites is 1. The van der Waals surface area contributed by atoms with Crippen LogP contribution < -0.4 is 9.46 Å². The Balaban J connectivity index is 2.06. The molecule has 0 saturated carbocycles. The van der Waals surface area contributed by atoms with Crippen molar-refractivity contribution in [3.63, 3.8) is 0 Å². The van der Waals surface area contributed by atoms with Gasteiger partial charge in [0.25, 0.3) is 0 Å². The van der Waals surface area contributed by atoms with Crippen molar-refractivity contribution in [3.8, 4) is 5.75 Å². The van der Waals surface area contributed by atoms with Crippen LogP contribution in [0.4, 0.5) is 0 Å². The molecular formula is C23H25NO5S. The Bertz CT molecular complexity index is 1050. The first-order valence-electron chi connectivity index (χ1n) is 9.56. The molecule has 0 aliphatic heterocycles. The Labute approximate surface area is 177 Å². The monoisotopic (exact) mass is 427 g/mol. The minimum Gasteiger partial charge on any atom is -0.496 e. The average Bonchev–Trinajstić information content (AvgIpc) is 3.25. The highest BCUT2D eigenvalue weighted by Crippen LogP contribution is 2.35. The lowest BCUT2D eigenvalue weighted by Crippen LogP contribution is -2.44. The summed E-state index contributed by atoms with van der Waals surface area (Å²) in [6, 6.07) is 12.9. The molecule has 3 rings (SSSR count). The molecule has 0 saturated heterocycles. The van der Waals surface area contributed by atoms with Crippen LogP contribution in [0.15, 0.2) is 77.7 Å². The number of aryl methyl sites for hydroxylation is 1. The fourth-order valence-electron chi connectivity index (χ4n) is 3.41. The molecular weight excluding hydrogens is 402 g/mol. The first-order valence-corrected chi connectivity index (χ1v) is 11.0. The largest absolute Gasteiger partial charge is 0.496 e. The van der Waals surface area contributed by atoms with Crippen LogP contribution in [0, 0.1) is 12.8 Å². The second-order valence-electron chi connectivity index (χ2n) is 7.08. The summed E-state index contributed by atoms with van der Waals surface area (Å²) < 4.78 is 40.2. The standard InChI is InChI=1S/C23H25NO5S/c1-16-12-14-19(15-13-16)30(26,27)24-22(18-8-4-5-9-18)23(29-17(2)25)20-10-6-7-11-21(20)28-3/h4-15,18,22-24H,1-3H3/t22-,23+/m0/s1. The Morgan fingerprint density at radius 3 is 2.27 bits per heavy atom. The Kier molecular flexibility index (Phi) is 6.74. The van der Waals surface area contributed by atoms with Gasteiger partial charge in [-0.05, 0) is 25.1 Å². The van der Waals surface area contributed by atoms with Crippen LogP contribution in [0.3, 0.4) is 0 Å². The first-order chi connectivity index (χ1) is 14.3. The van der Waals surface area contributed by atoms with Crippen LogP contribution in [0.2, 0.25) is 0 Å². The summed E-state index contributed by atoms with van der Waals surface area (Å²) in [5.41, 5.74) is 1.54. The van der Waals surface area contributed by atoms with Crippen LogP contribution in [-0.4, -0.2) is 27.5 Å². The molecule has 158 valence electrons. The quantitative estimate of drug-likeness (QED) is 0.650. The molecule has 0 aromatic heterocycles. The maximum absolute atomic E-state index is 13.2. The molecule has 0 fully saturated rings. The summed E-state index contributed by atoms with van der Waals surface area (Å²) in [6.45, 7) is 3.19. The number of benzene rings is 2. The zero-order valence-corrected chi connectivity index (χ0v) is 17.9. The smallest absolute Gasteiger partial charge is 0.303 e. The Morgan fingerprint density at radius 1 is 1.03 bits per heavy atom. The highest BCUT2D eigenvalue weighted by atomic mass is 32.2. The number of ether oxygens (including phenoxy) is 2. The van der Waals surface area contributed by atoms with E-state index in [0.717, 1.165) is 5.56 Å². The van der Waals surface area contributed by atoms with E-state index in [1.165, 1.54) is 14.0 Å². The second kappa shape index (κ2) is 9.28. The number of hydrogen-bond acceptors (Lipinski definition) is 5. The predicted octanol–water partition coefficient (Wildman–Crippen LogP) is 3.70. The molecule has 0 bridgehead atoms. The van der Waals surface area contributed by atoms with E-state index in [2.05, 4.69) is 4.72 Å². The van der Waals surface area contributed by atoms with Gasteiger partial charge in [-0.2, -0.15) is 0 Å². The molecule has 2 aromatic carbocycles. The minimum atomic E-state index is -3.87. The molecule has 0 amide bonds. The van der Waals surface area contributed by atoms with Crippen LogP contribution in [0.1, 0.15) is 24.2 Å². The lowest BCUT2D eigenvalue weighted by atomic mass is 9.92. The molecule has 7 heteroatoms. The van der Waals surface area contributed by atoms with Crippen molar-refractivity contribution in [3.05, 3.63) is 84.0 Å². The number of carbonyl (C=O) groups is 1. The third-order valence-electron chi connectivity index (χ3n) is 4.88. The molecule has 0 radical (unpaired) electrons. The third-order valence-corrected chi connectivity index (χ3v) is 6.35. The number of hydrogen-bond donors (Lipinski definition) is 1. The van der Waals surface area contributed by atoms with Crippen LogP contribution in [0.25, 0.3) is 0 Å². The molecule has 2 aromatic rings. The van der Waals surface area contributed by atoms with Gasteiger partial charge in [-0.25, -0.2) is 13.1 Å². The zero-order chi connectivity index (χ0) is 21.7. The number of sulfonamides is 1. The summed E-state index contributed by atoms with van der Waals surface area (Å²) >= 11 is 0. The van der Waals surface area contributed by atoms with Gasteiger partial charge in [-0.3, -0.25) is 4.79 Å². The number of rotatable bonds is 8. The van der Waals surface area contributed by atoms with Gasteiger partial charge in [0.2, 0.25) is 10.0 Å². The van der Waals surface area contributed by atoms with Gasteiger partial charge >= 0.3 is 5.97 Å². The van der Waals surface area contributed by atoms with Crippen LogP contribution >= 0.6 is 0 Å². The van der Waals surface area contributed by atoms with Crippen LogP contribution in [0.5, 0.6) is 5.75 Å². The number of methoxy groups -OCH3 is 1. The molecule has 6 nitrogen and oxygen atoms in total. The lowest BCUT2D eigenvalue weighted by Gasteiger charge is -2.31. The zero-order valence-electron chi connectivity index (χ0n) is 17.1. The van der Waals surface area contributed by atoms with E-state index in [-0.39, 0.29) is 10.8 Å². The van der Waals surface area contributed by atoms with Gasteiger partial charge in [0, 0.05) is 18.4 Å². The predicted molar refractivity (Wildman–Crippen MR) is 115 cm³/mol. The first kappa shape index (κ1) is 21.8. The lowest BCUT2D eigenvalue weighted by molar-refractivity contribution is -0.148. The van der Waals surface area contributed by atoms with Crippen molar-refractivity contribution < 1.29 is 22.7 Å². The molecule has 1 aliphatic carbocycles. The van der Waals surface area contributed by atoms with Crippen molar-refractivity contribution >= 4 is 16.0 Å². The highest BCUT2D eigenvalue weighted by molar-refractivity contribution is 7.89. The molecule has 30 heavy (non-hydrogen) atoms. The normalized spacial score (nSPS) is 15.7. The van der Waals surface area contributed by atoms with Gasteiger partial charge < -0.3 is 9.47 Å². The SMILES string of the molecule is COc1ccccc1[C@@H](OC(C)=O)[C@@H](NS(=O)(=O)c1ccc(C)cc1)C1C=CC=C1. The molecule has 2 atom stereocenters. The molecule has 1 aliphatic rings. The Hall–Kier alpha value is -2.90. The maximum atomic E-state index is 13.2.